The summed E-state index contributed by atoms with van der Waals surface area (Å²) in [7, 11) is 0. The minimum Gasteiger partial charge on any atom is -0.482 e. The van der Waals surface area contributed by atoms with Gasteiger partial charge in [-0.05, 0) is 48.0 Å². The Hall–Kier alpha value is -2.83. The van der Waals surface area contributed by atoms with Crippen LogP contribution in [0.3, 0.4) is 0 Å². The average molecular weight is 472 g/mol. The molecule has 0 fully saturated rings. The zero-order valence-corrected chi connectivity index (χ0v) is 17.5. The Kier molecular flexibility index (Phi) is 5.56. The lowest BCUT2D eigenvalue weighted by Crippen LogP contribution is -2.38. The van der Waals surface area contributed by atoms with E-state index in [0.29, 0.717) is 34.3 Å². The molecular formula is C22H16BrClN2O3. The number of rotatable bonds is 4. The summed E-state index contributed by atoms with van der Waals surface area (Å²) in [5.74, 6) is 0.164. The Labute approximate surface area is 181 Å². The van der Waals surface area contributed by atoms with Gasteiger partial charge >= 0.3 is 0 Å². The van der Waals surface area contributed by atoms with E-state index in [4.69, 9.17) is 16.3 Å². The summed E-state index contributed by atoms with van der Waals surface area (Å²) in [4.78, 5) is 26.7. The molecule has 0 atom stereocenters. The number of hydrogen-bond donors (Lipinski definition) is 1. The molecule has 5 nitrogen and oxygen atoms in total. The number of halogens is 2. The maximum atomic E-state index is 12.6. The van der Waals surface area contributed by atoms with Crippen LogP contribution in [0.5, 0.6) is 5.75 Å². The van der Waals surface area contributed by atoms with Crippen molar-refractivity contribution in [1.29, 1.82) is 0 Å². The molecule has 2 amide bonds. The summed E-state index contributed by atoms with van der Waals surface area (Å²) in [5, 5.41) is 3.46. The molecule has 0 unspecified atom stereocenters. The fourth-order valence-electron chi connectivity index (χ4n) is 3.08. The molecule has 0 saturated heterocycles. The topological polar surface area (TPSA) is 58.6 Å². The maximum absolute atomic E-state index is 12.6. The number of nitrogens with one attached hydrogen (secondary N) is 1. The second-order valence-corrected chi connectivity index (χ2v) is 7.83. The number of nitrogens with zero attached hydrogens (tertiary/aromatic N) is 1. The fraction of sp³-hybridized carbons (Fsp3) is 0.0909. The first-order valence-corrected chi connectivity index (χ1v) is 10.1. The second-order valence-electron chi connectivity index (χ2n) is 6.51. The van der Waals surface area contributed by atoms with Crippen LogP contribution in [-0.2, 0) is 11.3 Å². The maximum Gasteiger partial charge on any atom is 0.265 e. The number of fused-ring (bicyclic) bond motifs is 1. The van der Waals surface area contributed by atoms with Crippen molar-refractivity contribution in [3.63, 3.8) is 0 Å². The van der Waals surface area contributed by atoms with E-state index >= 15 is 0 Å². The van der Waals surface area contributed by atoms with Crippen LogP contribution in [0.4, 0.5) is 11.4 Å². The normalized spacial score (nSPS) is 12.9. The molecule has 3 aromatic carbocycles. The van der Waals surface area contributed by atoms with Gasteiger partial charge in [0.25, 0.3) is 11.8 Å². The van der Waals surface area contributed by atoms with Crippen LogP contribution in [-0.4, -0.2) is 18.4 Å². The summed E-state index contributed by atoms with van der Waals surface area (Å²) >= 11 is 9.63. The van der Waals surface area contributed by atoms with Crippen LogP contribution in [0.2, 0.25) is 5.02 Å². The van der Waals surface area contributed by atoms with E-state index in [2.05, 4.69) is 21.2 Å². The van der Waals surface area contributed by atoms with Gasteiger partial charge in [0, 0.05) is 20.7 Å². The van der Waals surface area contributed by atoms with Gasteiger partial charge in [-0.2, -0.15) is 0 Å². The molecule has 0 radical (unpaired) electrons. The van der Waals surface area contributed by atoms with Crippen LogP contribution in [0.1, 0.15) is 15.9 Å². The first kappa shape index (κ1) is 19.5. The molecule has 0 bridgehead atoms. The molecule has 7 heteroatoms. The highest BCUT2D eigenvalue weighted by molar-refractivity contribution is 9.10. The molecule has 4 rings (SSSR count). The Morgan fingerprint density at radius 3 is 2.72 bits per heavy atom. The molecule has 1 aliphatic rings. The van der Waals surface area contributed by atoms with Gasteiger partial charge in [-0.25, -0.2) is 0 Å². The first-order chi connectivity index (χ1) is 14.0. The van der Waals surface area contributed by atoms with E-state index in [0.717, 1.165) is 10.0 Å². The zero-order valence-electron chi connectivity index (χ0n) is 15.2. The van der Waals surface area contributed by atoms with Crippen LogP contribution in [0.25, 0.3) is 0 Å². The van der Waals surface area contributed by atoms with Gasteiger partial charge in [0.15, 0.2) is 6.61 Å². The van der Waals surface area contributed by atoms with Crippen molar-refractivity contribution in [1.82, 2.24) is 0 Å². The summed E-state index contributed by atoms with van der Waals surface area (Å²) in [5.41, 5.74) is 2.51. The van der Waals surface area contributed by atoms with Crippen molar-refractivity contribution in [3.8, 4) is 5.75 Å². The molecule has 0 spiro atoms. The number of anilines is 2. The van der Waals surface area contributed by atoms with E-state index < -0.39 is 0 Å². The lowest BCUT2D eigenvalue weighted by molar-refractivity contribution is -0.121. The van der Waals surface area contributed by atoms with Crippen LogP contribution in [0, 0.1) is 0 Å². The summed E-state index contributed by atoms with van der Waals surface area (Å²) in [6.07, 6.45) is 0. The third-order valence-corrected chi connectivity index (χ3v) is 5.39. The van der Waals surface area contributed by atoms with Crippen LogP contribution < -0.4 is 15.0 Å². The molecule has 146 valence electrons. The lowest BCUT2D eigenvalue weighted by Gasteiger charge is -2.30. The first-order valence-electron chi connectivity index (χ1n) is 8.89. The Morgan fingerprint density at radius 1 is 1.10 bits per heavy atom. The molecule has 1 aliphatic heterocycles. The van der Waals surface area contributed by atoms with Gasteiger partial charge < -0.3 is 15.0 Å². The van der Waals surface area contributed by atoms with Gasteiger partial charge in [0.1, 0.15) is 5.75 Å². The van der Waals surface area contributed by atoms with E-state index in [-0.39, 0.29) is 18.4 Å². The number of benzene rings is 3. The molecule has 3 aromatic rings. The van der Waals surface area contributed by atoms with Crippen molar-refractivity contribution in [2.24, 2.45) is 0 Å². The highest BCUT2D eigenvalue weighted by atomic mass is 79.9. The smallest absolute Gasteiger partial charge is 0.265 e. The van der Waals surface area contributed by atoms with Crippen molar-refractivity contribution < 1.29 is 14.3 Å². The molecule has 1 N–H and O–H groups in total. The average Bonchev–Trinajstić information content (AvgIpc) is 2.71. The SMILES string of the molecule is O=C(Nc1ccc2c(c1)N(Cc1ccccc1Cl)C(=O)CO2)c1cccc(Br)c1. The third kappa shape index (κ3) is 4.28. The van der Waals surface area contributed by atoms with Gasteiger partial charge in [0.05, 0.1) is 12.2 Å². The van der Waals surface area contributed by atoms with Crippen molar-refractivity contribution in [2.45, 2.75) is 6.54 Å². The third-order valence-electron chi connectivity index (χ3n) is 4.53. The largest absolute Gasteiger partial charge is 0.482 e. The van der Waals surface area contributed by atoms with Crippen molar-refractivity contribution in [3.05, 3.63) is 87.4 Å². The predicted molar refractivity (Wildman–Crippen MR) is 117 cm³/mol. The summed E-state index contributed by atoms with van der Waals surface area (Å²) in [6.45, 7) is 0.277. The Balaban J connectivity index is 1.62. The van der Waals surface area contributed by atoms with E-state index in [9.17, 15) is 9.59 Å². The fourth-order valence-corrected chi connectivity index (χ4v) is 3.68. The predicted octanol–water partition coefficient (Wildman–Crippen LogP) is 5.28. The van der Waals surface area contributed by atoms with Crippen molar-refractivity contribution in [2.75, 3.05) is 16.8 Å². The minimum atomic E-state index is -0.244. The molecular weight excluding hydrogens is 456 g/mol. The molecule has 0 saturated carbocycles. The lowest BCUT2D eigenvalue weighted by atomic mass is 10.1. The zero-order chi connectivity index (χ0) is 20.4. The highest BCUT2D eigenvalue weighted by Gasteiger charge is 2.26. The second kappa shape index (κ2) is 8.27. The van der Waals surface area contributed by atoms with Gasteiger partial charge in [0.2, 0.25) is 0 Å². The Morgan fingerprint density at radius 2 is 1.93 bits per heavy atom. The van der Waals surface area contributed by atoms with Crippen LogP contribution >= 0.6 is 27.5 Å². The Bertz CT molecular complexity index is 1100. The monoisotopic (exact) mass is 470 g/mol. The summed E-state index contributed by atoms with van der Waals surface area (Å²) < 4.78 is 6.37. The van der Waals surface area contributed by atoms with Gasteiger partial charge in [-0.1, -0.05) is 51.8 Å². The van der Waals surface area contributed by atoms with E-state index in [1.54, 1.807) is 47.4 Å². The summed E-state index contributed by atoms with van der Waals surface area (Å²) in [6, 6.07) is 19.7. The molecule has 1 heterocycles. The standard InChI is InChI=1S/C22H16BrClN2O3/c23-16-6-3-5-14(10-16)22(28)25-17-8-9-20-19(11-17)26(21(27)13-29-20)12-15-4-1-2-7-18(15)24/h1-11H,12-13H2,(H,25,28). The molecule has 29 heavy (non-hydrogen) atoms. The highest BCUT2D eigenvalue weighted by Crippen LogP contribution is 2.36. The van der Waals surface area contributed by atoms with Gasteiger partial charge in [-0.3, -0.25) is 9.59 Å². The molecule has 0 aliphatic carbocycles. The van der Waals surface area contributed by atoms with E-state index in [1.807, 2.05) is 24.3 Å². The van der Waals surface area contributed by atoms with E-state index in [1.165, 1.54) is 0 Å². The number of amides is 2. The molecule has 0 aromatic heterocycles. The van der Waals surface area contributed by atoms with Crippen LogP contribution in [0.15, 0.2) is 71.2 Å². The van der Waals surface area contributed by atoms with Gasteiger partial charge in [-0.15, -0.1) is 0 Å². The number of hydrogen-bond acceptors (Lipinski definition) is 3. The van der Waals surface area contributed by atoms with Crippen molar-refractivity contribution >= 4 is 50.7 Å². The number of carbonyl (C=O) groups is 2. The quantitative estimate of drug-likeness (QED) is 0.563. The number of carbonyl (C=O) groups excluding carboxylic acids is 2. The minimum absolute atomic E-state index is 0.0405. The number of ether oxygens (including phenoxy) is 1.